The van der Waals surface area contributed by atoms with Gasteiger partial charge < -0.3 is 5.11 Å². The molecule has 1 rings (SSSR count). The van der Waals surface area contributed by atoms with Crippen molar-refractivity contribution in [3.63, 3.8) is 0 Å². The third kappa shape index (κ3) is 2.57. The third-order valence-electron chi connectivity index (χ3n) is 4.54. The summed E-state index contributed by atoms with van der Waals surface area (Å²) in [4.78, 5) is 0. The predicted octanol–water partition coefficient (Wildman–Crippen LogP) is 3.80. The average molecular weight is 222 g/mol. The molecule has 0 aromatic carbocycles. The third-order valence-corrected chi connectivity index (χ3v) is 4.54. The number of hydrogen-bond donors (Lipinski definition) is 1. The van der Waals surface area contributed by atoms with Crippen LogP contribution in [-0.4, -0.2) is 11.7 Å². The van der Waals surface area contributed by atoms with Crippen molar-refractivity contribution < 1.29 is 5.11 Å². The Hall–Kier alpha value is -0.560. The zero-order valence-corrected chi connectivity index (χ0v) is 11.0. The predicted molar refractivity (Wildman–Crippen MR) is 70.2 cm³/mol. The molecule has 1 aliphatic carbocycles. The summed E-state index contributed by atoms with van der Waals surface area (Å²) >= 11 is 0. The van der Waals surface area contributed by atoms with Crippen LogP contribution >= 0.6 is 0 Å². The second-order valence-electron chi connectivity index (χ2n) is 5.80. The van der Waals surface area contributed by atoms with Crippen LogP contribution in [-0.2, 0) is 0 Å². The van der Waals surface area contributed by atoms with E-state index in [4.69, 9.17) is 0 Å². The van der Waals surface area contributed by atoms with Crippen LogP contribution in [0.2, 0.25) is 0 Å². The van der Waals surface area contributed by atoms with Gasteiger partial charge in [-0.25, -0.2) is 0 Å². The highest BCUT2D eigenvalue weighted by Crippen LogP contribution is 2.48. The molecule has 0 bridgehead atoms. The molecule has 1 heteroatoms. The maximum absolute atomic E-state index is 9.26. The molecule has 0 aromatic heterocycles. The quantitative estimate of drug-likeness (QED) is 0.717. The van der Waals surface area contributed by atoms with Crippen LogP contribution in [0.5, 0.6) is 0 Å². The highest BCUT2D eigenvalue weighted by Gasteiger charge is 2.39. The van der Waals surface area contributed by atoms with E-state index in [1.165, 1.54) is 18.4 Å². The van der Waals surface area contributed by atoms with Gasteiger partial charge in [-0.3, -0.25) is 0 Å². The monoisotopic (exact) mass is 222 g/mol. The van der Waals surface area contributed by atoms with E-state index in [1.807, 2.05) is 0 Å². The lowest BCUT2D eigenvalue weighted by molar-refractivity contribution is 0.0922. The fourth-order valence-electron chi connectivity index (χ4n) is 3.03. The summed E-state index contributed by atoms with van der Waals surface area (Å²) in [5.74, 6) is 1.58. The summed E-state index contributed by atoms with van der Waals surface area (Å²) in [5, 5.41) is 9.26. The molecule has 1 saturated carbocycles. The van der Waals surface area contributed by atoms with Crippen LogP contribution in [0.15, 0.2) is 24.8 Å². The van der Waals surface area contributed by atoms with E-state index in [2.05, 4.69) is 40.0 Å². The van der Waals surface area contributed by atoms with Crippen molar-refractivity contribution in [1.29, 1.82) is 0 Å². The first-order valence-corrected chi connectivity index (χ1v) is 6.34. The number of hydrogen-bond acceptors (Lipinski definition) is 1. The van der Waals surface area contributed by atoms with Crippen LogP contribution in [0.25, 0.3) is 0 Å². The van der Waals surface area contributed by atoms with E-state index in [9.17, 15) is 5.11 Å². The molecule has 0 saturated heterocycles. The molecule has 0 aliphatic heterocycles. The molecule has 1 nitrogen and oxygen atoms in total. The van der Waals surface area contributed by atoms with E-state index >= 15 is 0 Å². The lowest BCUT2D eigenvalue weighted by Gasteiger charge is -2.44. The van der Waals surface area contributed by atoms with Crippen molar-refractivity contribution in [3.05, 3.63) is 24.8 Å². The molecule has 0 aromatic rings. The van der Waals surface area contributed by atoms with Gasteiger partial charge in [0.05, 0.1) is 0 Å². The van der Waals surface area contributed by atoms with E-state index in [0.717, 1.165) is 6.42 Å². The maximum Gasteiger partial charge on any atom is 0.0459 e. The fourth-order valence-corrected chi connectivity index (χ4v) is 3.03. The lowest BCUT2D eigenvalue weighted by atomic mass is 9.60. The Labute approximate surface area is 100 Å². The van der Waals surface area contributed by atoms with Gasteiger partial charge in [-0.05, 0) is 49.4 Å². The second kappa shape index (κ2) is 5.18. The minimum atomic E-state index is 0.206. The number of aliphatic hydroxyl groups excluding tert-OH is 1. The van der Waals surface area contributed by atoms with Crippen molar-refractivity contribution in [2.24, 2.45) is 23.2 Å². The van der Waals surface area contributed by atoms with Crippen LogP contribution < -0.4 is 0 Å². The van der Waals surface area contributed by atoms with Gasteiger partial charge in [0.2, 0.25) is 0 Å². The highest BCUT2D eigenvalue weighted by molar-refractivity contribution is 5.12. The van der Waals surface area contributed by atoms with Crippen LogP contribution in [0, 0.1) is 23.2 Å². The van der Waals surface area contributed by atoms with Gasteiger partial charge in [-0.15, -0.1) is 6.58 Å². The molecule has 0 spiro atoms. The van der Waals surface area contributed by atoms with Gasteiger partial charge in [-0.1, -0.05) is 32.1 Å². The smallest absolute Gasteiger partial charge is 0.0459 e. The van der Waals surface area contributed by atoms with Crippen LogP contribution in [0.4, 0.5) is 0 Å². The van der Waals surface area contributed by atoms with Gasteiger partial charge in [0.25, 0.3) is 0 Å². The summed E-state index contributed by atoms with van der Waals surface area (Å²) in [6.07, 6.45) is 5.63. The average Bonchev–Trinajstić information content (AvgIpc) is 2.28. The molecule has 1 fully saturated rings. The SMILES string of the molecule is C=C[C@]1(C)CC[C@@H]([C@H](C)CO)C[C@H]1C(=C)C. The Morgan fingerprint density at radius 2 is 2.25 bits per heavy atom. The largest absolute Gasteiger partial charge is 0.396 e. The van der Waals surface area contributed by atoms with Crippen molar-refractivity contribution in [2.45, 2.75) is 40.0 Å². The molecule has 92 valence electrons. The first-order valence-electron chi connectivity index (χ1n) is 6.34. The molecular weight excluding hydrogens is 196 g/mol. The second-order valence-corrected chi connectivity index (χ2v) is 5.80. The molecule has 0 amide bonds. The first-order chi connectivity index (χ1) is 7.44. The molecule has 1 aliphatic rings. The minimum Gasteiger partial charge on any atom is -0.396 e. The molecule has 4 atom stereocenters. The highest BCUT2D eigenvalue weighted by atomic mass is 16.3. The Morgan fingerprint density at radius 3 is 2.69 bits per heavy atom. The van der Waals surface area contributed by atoms with Crippen LogP contribution in [0.3, 0.4) is 0 Å². The number of aliphatic hydroxyl groups is 1. The van der Waals surface area contributed by atoms with E-state index in [1.54, 1.807) is 0 Å². The van der Waals surface area contributed by atoms with Gasteiger partial charge in [0.15, 0.2) is 0 Å². The van der Waals surface area contributed by atoms with Crippen molar-refractivity contribution in [1.82, 2.24) is 0 Å². The van der Waals surface area contributed by atoms with Crippen molar-refractivity contribution >= 4 is 0 Å². The summed E-state index contributed by atoms with van der Waals surface area (Å²) < 4.78 is 0. The normalized spacial score (nSPS) is 36.8. The van der Waals surface area contributed by atoms with Gasteiger partial charge >= 0.3 is 0 Å². The number of rotatable bonds is 4. The minimum absolute atomic E-state index is 0.206. The number of allylic oxidation sites excluding steroid dienone is 2. The Morgan fingerprint density at radius 1 is 1.62 bits per heavy atom. The fraction of sp³-hybridized carbons (Fsp3) is 0.733. The Kier molecular flexibility index (Phi) is 4.37. The molecule has 0 heterocycles. The summed E-state index contributed by atoms with van der Waals surface area (Å²) in [5.41, 5.74) is 1.47. The Bertz CT molecular complexity index is 269. The van der Waals surface area contributed by atoms with Gasteiger partial charge in [0, 0.05) is 6.61 Å². The van der Waals surface area contributed by atoms with Gasteiger partial charge in [0.1, 0.15) is 0 Å². The van der Waals surface area contributed by atoms with Crippen molar-refractivity contribution in [2.75, 3.05) is 6.61 Å². The van der Waals surface area contributed by atoms with Crippen LogP contribution in [0.1, 0.15) is 40.0 Å². The first kappa shape index (κ1) is 13.5. The van der Waals surface area contributed by atoms with E-state index in [-0.39, 0.29) is 5.41 Å². The molecule has 16 heavy (non-hydrogen) atoms. The standard InChI is InChI=1S/C15H26O/c1-6-15(5)8-7-13(12(4)10-16)9-14(15)11(2)3/h6,12-14,16H,1-2,7-10H2,3-5H3/t12-,13-,14+,15-/m1/s1. The van der Waals surface area contributed by atoms with E-state index in [0.29, 0.717) is 24.4 Å². The van der Waals surface area contributed by atoms with E-state index < -0.39 is 0 Å². The van der Waals surface area contributed by atoms with Gasteiger partial charge in [-0.2, -0.15) is 0 Å². The maximum atomic E-state index is 9.26. The Balaban J connectivity index is 2.81. The molecule has 0 unspecified atom stereocenters. The van der Waals surface area contributed by atoms with Crippen molar-refractivity contribution in [3.8, 4) is 0 Å². The molecular formula is C15H26O. The zero-order chi connectivity index (χ0) is 12.3. The summed E-state index contributed by atoms with van der Waals surface area (Å²) in [7, 11) is 0. The lowest BCUT2D eigenvalue weighted by Crippen LogP contribution is -2.35. The molecule has 1 N–H and O–H groups in total. The summed E-state index contributed by atoms with van der Waals surface area (Å²) in [6.45, 7) is 15.0. The summed E-state index contributed by atoms with van der Waals surface area (Å²) in [6, 6.07) is 0. The topological polar surface area (TPSA) is 20.2 Å². The zero-order valence-electron chi connectivity index (χ0n) is 11.0. The molecule has 0 radical (unpaired) electrons.